The normalized spacial score (nSPS) is 10.8. The zero-order valence-corrected chi connectivity index (χ0v) is 17.0. The van der Waals surface area contributed by atoms with Crippen molar-refractivity contribution in [2.24, 2.45) is 5.73 Å². The van der Waals surface area contributed by atoms with E-state index in [4.69, 9.17) is 11.6 Å². The molecule has 29 heavy (non-hydrogen) atoms. The molecule has 0 aliphatic rings. The molecule has 0 aliphatic carbocycles. The van der Waals surface area contributed by atoms with E-state index < -0.39 is 5.91 Å². The first kappa shape index (κ1) is 20.4. The molecule has 0 atom stereocenters. The number of carbonyl (C=O) groups excluding carboxylic acids is 2. The van der Waals surface area contributed by atoms with Crippen molar-refractivity contribution in [1.29, 1.82) is 0 Å². The monoisotopic (exact) mass is 414 g/mol. The van der Waals surface area contributed by atoms with Crippen LogP contribution in [0.1, 0.15) is 17.8 Å². The number of benzene rings is 1. The van der Waals surface area contributed by atoms with Crippen LogP contribution in [0.5, 0.6) is 0 Å². The SMILES string of the molecule is Cc1cc(C)n(-c2nnc(SCC(=O)N(CCC(N)=O)c3ccccc3)n2N)n1. The van der Waals surface area contributed by atoms with Gasteiger partial charge in [0, 0.05) is 24.3 Å². The highest BCUT2D eigenvalue weighted by Gasteiger charge is 2.20. The fourth-order valence-corrected chi connectivity index (χ4v) is 3.50. The molecular weight excluding hydrogens is 392 g/mol. The predicted molar refractivity (Wildman–Crippen MR) is 110 cm³/mol. The molecule has 4 N–H and O–H groups in total. The smallest absolute Gasteiger partial charge is 0.271 e. The third kappa shape index (κ3) is 4.74. The van der Waals surface area contributed by atoms with Crippen LogP contribution in [-0.4, -0.2) is 48.8 Å². The molecule has 3 rings (SSSR count). The minimum atomic E-state index is -0.470. The maximum absolute atomic E-state index is 12.8. The predicted octanol–water partition coefficient (Wildman–Crippen LogP) is 0.795. The van der Waals surface area contributed by atoms with Gasteiger partial charge < -0.3 is 16.5 Å². The number of thioether (sulfide) groups is 1. The van der Waals surface area contributed by atoms with Crippen LogP contribution in [-0.2, 0) is 9.59 Å². The number of nitrogen functional groups attached to an aromatic ring is 1. The lowest BCUT2D eigenvalue weighted by molar-refractivity contribution is -0.118. The van der Waals surface area contributed by atoms with Crippen molar-refractivity contribution >= 4 is 29.3 Å². The summed E-state index contributed by atoms with van der Waals surface area (Å²) in [5.74, 6) is 5.87. The largest absolute Gasteiger partial charge is 0.370 e. The Bertz CT molecular complexity index is 1010. The molecule has 0 bridgehead atoms. The van der Waals surface area contributed by atoms with Gasteiger partial charge >= 0.3 is 0 Å². The molecule has 3 aromatic rings. The van der Waals surface area contributed by atoms with Crippen molar-refractivity contribution in [3.05, 3.63) is 47.8 Å². The number of hydrogen-bond donors (Lipinski definition) is 2. The van der Waals surface area contributed by atoms with E-state index in [1.165, 1.54) is 9.58 Å². The quantitative estimate of drug-likeness (QED) is 0.410. The summed E-state index contributed by atoms with van der Waals surface area (Å²) in [6.07, 6.45) is 0.0699. The fraction of sp³-hybridized carbons (Fsp3) is 0.278. The van der Waals surface area contributed by atoms with Crippen LogP contribution in [0.3, 0.4) is 0 Å². The topological polar surface area (TPSA) is 138 Å². The Hall–Kier alpha value is -3.34. The molecule has 2 heterocycles. The van der Waals surface area contributed by atoms with E-state index in [-0.39, 0.29) is 24.6 Å². The van der Waals surface area contributed by atoms with Crippen LogP contribution in [0, 0.1) is 13.8 Å². The molecular formula is C18H22N8O2S. The van der Waals surface area contributed by atoms with Crippen molar-refractivity contribution in [3.8, 4) is 5.95 Å². The molecule has 0 fully saturated rings. The first-order valence-corrected chi connectivity index (χ1v) is 9.86. The summed E-state index contributed by atoms with van der Waals surface area (Å²) in [4.78, 5) is 25.5. The van der Waals surface area contributed by atoms with Gasteiger partial charge in [0.2, 0.25) is 17.0 Å². The number of hydrogen-bond acceptors (Lipinski definition) is 7. The summed E-state index contributed by atoms with van der Waals surface area (Å²) in [6, 6.07) is 11.0. The molecule has 2 amide bonds. The number of aromatic nitrogens is 5. The van der Waals surface area contributed by atoms with Gasteiger partial charge in [-0.3, -0.25) is 9.59 Å². The van der Waals surface area contributed by atoms with Crippen LogP contribution in [0.15, 0.2) is 41.6 Å². The Morgan fingerprint density at radius 2 is 1.90 bits per heavy atom. The summed E-state index contributed by atoms with van der Waals surface area (Å²) >= 11 is 1.16. The number of amides is 2. The van der Waals surface area contributed by atoms with Crippen LogP contribution < -0.4 is 16.5 Å². The van der Waals surface area contributed by atoms with Gasteiger partial charge in [0.15, 0.2) is 0 Å². The average Bonchev–Trinajstić information content (AvgIpc) is 3.21. The lowest BCUT2D eigenvalue weighted by atomic mass is 10.2. The van der Waals surface area contributed by atoms with Gasteiger partial charge in [0.1, 0.15) is 0 Å². The lowest BCUT2D eigenvalue weighted by Gasteiger charge is -2.22. The van der Waals surface area contributed by atoms with E-state index in [1.807, 2.05) is 38.1 Å². The van der Waals surface area contributed by atoms with E-state index in [0.717, 1.165) is 23.1 Å². The minimum Gasteiger partial charge on any atom is -0.370 e. The minimum absolute atomic E-state index is 0.0696. The first-order valence-electron chi connectivity index (χ1n) is 8.87. The number of primary amides is 1. The summed E-state index contributed by atoms with van der Waals surface area (Å²) in [5.41, 5.74) is 7.65. The van der Waals surface area contributed by atoms with Gasteiger partial charge in [0.25, 0.3) is 5.95 Å². The van der Waals surface area contributed by atoms with Crippen LogP contribution >= 0.6 is 11.8 Å². The van der Waals surface area contributed by atoms with Crippen molar-refractivity contribution in [3.63, 3.8) is 0 Å². The second-order valence-electron chi connectivity index (χ2n) is 6.38. The maximum Gasteiger partial charge on any atom is 0.271 e. The third-order valence-corrected chi connectivity index (χ3v) is 5.05. The number of para-hydroxylation sites is 1. The van der Waals surface area contributed by atoms with E-state index in [1.54, 1.807) is 16.8 Å². The zero-order chi connectivity index (χ0) is 21.0. The van der Waals surface area contributed by atoms with Gasteiger partial charge in [-0.05, 0) is 32.0 Å². The highest BCUT2D eigenvalue weighted by atomic mass is 32.2. The van der Waals surface area contributed by atoms with Crippen LogP contribution in [0.4, 0.5) is 5.69 Å². The van der Waals surface area contributed by atoms with Gasteiger partial charge in [-0.25, -0.2) is 9.36 Å². The number of rotatable bonds is 8. The second kappa shape index (κ2) is 8.78. The van der Waals surface area contributed by atoms with Gasteiger partial charge in [-0.15, -0.1) is 10.2 Å². The second-order valence-corrected chi connectivity index (χ2v) is 7.32. The van der Waals surface area contributed by atoms with E-state index in [2.05, 4.69) is 15.3 Å². The van der Waals surface area contributed by atoms with Gasteiger partial charge in [-0.1, -0.05) is 30.0 Å². The third-order valence-electron chi connectivity index (χ3n) is 4.12. The molecule has 0 spiro atoms. The Kier molecular flexibility index (Phi) is 6.17. The number of nitrogens with two attached hydrogens (primary N) is 2. The van der Waals surface area contributed by atoms with E-state index in [9.17, 15) is 9.59 Å². The van der Waals surface area contributed by atoms with Gasteiger partial charge in [-0.2, -0.15) is 5.10 Å². The molecule has 0 unspecified atom stereocenters. The summed E-state index contributed by atoms with van der Waals surface area (Å²) in [7, 11) is 0. The molecule has 0 radical (unpaired) electrons. The highest BCUT2D eigenvalue weighted by Crippen LogP contribution is 2.20. The molecule has 152 valence electrons. The number of carbonyl (C=O) groups is 2. The molecule has 10 nitrogen and oxygen atoms in total. The van der Waals surface area contributed by atoms with E-state index >= 15 is 0 Å². The number of anilines is 1. The fourth-order valence-electron chi connectivity index (χ4n) is 2.78. The maximum atomic E-state index is 12.8. The Labute approximate surface area is 171 Å². The van der Waals surface area contributed by atoms with Gasteiger partial charge in [0.05, 0.1) is 11.4 Å². The van der Waals surface area contributed by atoms with Crippen LogP contribution in [0.25, 0.3) is 5.95 Å². The lowest BCUT2D eigenvalue weighted by Crippen LogP contribution is -2.35. The van der Waals surface area contributed by atoms with E-state index in [0.29, 0.717) is 16.8 Å². The molecule has 0 saturated carbocycles. The first-order chi connectivity index (χ1) is 13.9. The Balaban J connectivity index is 1.73. The van der Waals surface area contributed by atoms with Crippen molar-refractivity contribution in [1.82, 2.24) is 24.7 Å². The van der Waals surface area contributed by atoms with Crippen molar-refractivity contribution in [2.45, 2.75) is 25.4 Å². The van der Waals surface area contributed by atoms with Crippen molar-refractivity contribution in [2.75, 3.05) is 23.0 Å². The molecule has 0 aliphatic heterocycles. The summed E-state index contributed by atoms with van der Waals surface area (Å²) < 4.78 is 2.89. The number of nitrogens with zero attached hydrogens (tertiary/aromatic N) is 6. The standard InChI is InChI=1S/C18H22N8O2S/c1-12-10-13(2)26(23-12)17-21-22-18(25(17)20)29-11-16(28)24(9-8-15(19)27)14-6-4-3-5-7-14/h3-7,10H,8-9,11,20H2,1-2H3,(H2,19,27). The zero-order valence-electron chi connectivity index (χ0n) is 16.1. The molecule has 2 aromatic heterocycles. The number of aryl methyl sites for hydroxylation is 2. The molecule has 1 aromatic carbocycles. The van der Waals surface area contributed by atoms with Crippen molar-refractivity contribution < 1.29 is 9.59 Å². The summed E-state index contributed by atoms with van der Waals surface area (Å²) in [6.45, 7) is 3.96. The molecule has 0 saturated heterocycles. The highest BCUT2D eigenvalue weighted by molar-refractivity contribution is 7.99. The Morgan fingerprint density at radius 1 is 1.17 bits per heavy atom. The Morgan fingerprint density at radius 3 is 2.52 bits per heavy atom. The molecule has 11 heteroatoms. The van der Waals surface area contributed by atoms with Crippen LogP contribution in [0.2, 0.25) is 0 Å². The average molecular weight is 414 g/mol. The summed E-state index contributed by atoms with van der Waals surface area (Å²) in [5, 5.41) is 12.9.